The Labute approximate surface area is 159 Å². The highest BCUT2D eigenvalue weighted by molar-refractivity contribution is 5.59. The summed E-state index contributed by atoms with van der Waals surface area (Å²) < 4.78 is 7.11. The van der Waals surface area contributed by atoms with Crippen LogP contribution in [0.1, 0.15) is 30.1 Å². The standard InChI is InChI=1S/C21H23N5O/c1-27-17-9-7-16(8-10-17)19(25-11-4-5-12-25)15-23-21-18(14-22)26-13-3-2-6-20(26)24-21/h2-3,6-10,13,19,23H,4-5,11-12,15H2,1H3. The molecule has 0 aliphatic carbocycles. The Hall–Kier alpha value is -3.04. The molecule has 3 heterocycles. The number of nitrogens with one attached hydrogen (secondary N) is 1. The summed E-state index contributed by atoms with van der Waals surface area (Å²) in [5, 5.41) is 13.0. The fraction of sp³-hybridized carbons (Fsp3) is 0.333. The van der Waals surface area contributed by atoms with Crippen LogP contribution in [0, 0.1) is 11.3 Å². The van der Waals surface area contributed by atoms with E-state index < -0.39 is 0 Å². The molecular weight excluding hydrogens is 338 g/mol. The van der Waals surface area contributed by atoms with E-state index in [2.05, 4.69) is 33.4 Å². The van der Waals surface area contributed by atoms with Crippen molar-refractivity contribution in [3.8, 4) is 11.8 Å². The van der Waals surface area contributed by atoms with Gasteiger partial charge in [-0.05, 0) is 55.8 Å². The number of fused-ring (bicyclic) bond motifs is 1. The van der Waals surface area contributed by atoms with Crippen molar-refractivity contribution in [3.63, 3.8) is 0 Å². The number of nitrogens with zero attached hydrogens (tertiary/aromatic N) is 4. The van der Waals surface area contributed by atoms with E-state index in [1.807, 2.05) is 40.9 Å². The largest absolute Gasteiger partial charge is 0.497 e. The van der Waals surface area contributed by atoms with Crippen molar-refractivity contribution in [2.75, 3.05) is 32.1 Å². The zero-order chi connectivity index (χ0) is 18.6. The molecule has 6 nitrogen and oxygen atoms in total. The molecule has 1 aliphatic rings. The summed E-state index contributed by atoms with van der Waals surface area (Å²) in [6.45, 7) is 2.88. The van der Waals surface area contributed by atoms with Gasteiger partial charge >= 0.3 is 0 Å². The first kappa shape index (κ1) is 17.4. The van der Waals surface area contributed by atoms with Crippen LogP contribution in [0.25, 0.3) is 5.65 Å². The van der Waals surface area contributed by atoms with Crippen molar-refractivity contribution in [1.29, 1.82) is 5.26 Å². The third-order valence-electron chi connectivity index (χ3n) is 5.18. The Morgan fingerprint density at radius 3 is 2.67 bits per heavy atom. The summed E-state index contributed by atoms with van der Waals surface area (Å²) in [6, 6.07) is 16.5. The minimum absolute atomic E-state index is 0.231. The van der Waals surface area contributed by atoms with Gasteiger partial charge in [-0.3, -0.25) is 9.30 Å². The number of likely N-dealkylation sites (tertiary alicyclic amines) is 1. The lowest BCUT2D eigenvalue weighted by molar-refractivity contribution is 0.255. The smallest absolute Gasteiger partial charge is 0.168 e. The van der Waals surface area contributed by atoms with Gasteiger partial charge in [-0.2, -0.15) is 5.26 Å². The fourth-order valence-electron chi connectivity index (χ4n) is 3.76. The van der Waals surface area contributed by atoms with Gasteiger partial charge in [-0.1, -0.05) is 18.2 Å². The number of anilines is 1. The number of methoxy groups -OCH3 is 1. The van der Waals surface area contributed by atoms with Crippen molar-refractivity contribution >= 4 is 11.5 Å². The molecule has 1 atom stereocenters. The van der Waals surface area contributed by atoms with Gasteiger partial charge in [0.1, 0.15) is 17.5 Å². The predicted molar refractivity (Wildman–Crippen MR) is 105 cm³/mol. The molecule has 4 rings (SSSR count). The van der Waals surface area contributed by atoms with E-state index in [4.69, 9.17) is 4.74 Å². The SMILES string of the molecule is COc1ccc(C(CNc2nc3ccccn3c2C#N)N2CCCC2)cc1. The van der Waals surface area contributed by atoms with Crippen LogP contribution in [0.4, 0.5) is 5.82 Å². The Bertz CT molecular complexity index is 951. The Morgan fingerprint density at radius 1 is 1.19 bits per heavy atom. The first-order valence-electron chi connectivity index (χ1n) is 9.29. The number of hydrogen-bond donors (Lipinski definition) is 1. The second-order valence-corrected chi connectivity index (χ2v) is 6.76. The van der Waals surface area contributed by atoms with E-state index in [1.54, 1.807) is 7.11 Å². The second kappa shape index (κ2) is 7.68. The van der Waals surface area contributed by atoms with E-state index in [1.165, 1.54) is 18.4 Å². The molecule has 1 aromatic carbocycles. The van der Waals surface area contributed by atoms with Crippen molar-refractivity contribution in [2.24, 2.45) is 0 Å². The van der Waals surface area contributed by atoms with Crippen LogP contribution in [0.5, 0.6) is 5.75 Å². The quantitative estimate of drug-likeness (QED) is 0.728. The normalized spacial score (nSPS) is 15.6. The number of hydrogen-bond acceptors (Lipinski definition) is 5. The van der Waals surface area contributed by atoms with Gasteiger partial charge in [0, 0.05) is 12.7 Å². The van der Waals surface area contributed by atoms with Crippen molar-refractivity contribution in [1.82, 2.24) is 14.3 Å². The van der Waals surface area contributed by atoms with E-state index >= 15 is 0 Å². The van der Waals surface area contributed by atoms with Crippen molar-refractivity contribution in [2.45, 2.75) is 18.9 Å². The van der Waals surface area contributed by atoms with Gasteiger partial charge < -0.3 is 10.1 Å². The highest BCUT2D eigenvalue weighted by Crippen LogP contribution is 2.27. The molecule has 1 unspecified atom stereocenters. The monoisotopic (exact) mass is 361 g/mol. The van der Waals surface area contributed by atoms with E-state index in [0.717, 1.165) is 24.5 Å². The molecule has 27 heavy (non-hydrogen) atoms. The minimum atomic E-state index is 0.231. The maximum Gasteiger partial charge on any atom is 0.168 e. The third-order valence-corrected chi connectivity index (χ3v) is 5.18. The van der Waals surface area contributed by atoms with Crippen molar-refractivity contribution in [3.05, 3.63) is 59.9 Å². The molecule has 138 valence electrons. The molecule has 3 aromatic rings. The van der Waals surface area contributed by atoms with Gasteiger partial charge in [-0.15, -0.1) is 0 Å². The molecule has 0 amide bonds. The van der Waals surface area contributed by atoms with E-state index in [-0.39, 0.29) is 6.04 Å². The predicted octanol–water partition coefficient (Wildman–Crippen LogP) is 3.46. The summed E-state index contributed by atoms with van der Waals surface area (Å²) in [5.41, 5.74) is 2.56. The first-order valence-corrected chi connectivity index (χ1v) is 9.29. The van der Waals surface area contributed by atoms with Crippen LogP contribution < -0.4 is 10.1 Å². The number of pyridine rings is 1. The Kier molecular flexibility index (Phi) is 4.95. The molecule has 2 aromatic heterocycles. The van der Waals surface area contributed by atoms with E-state index in [9.17, 15) is 5.26 Å². The zero-order valence-corrected chi connectivity index (χ0v) is 15.4. The molecular formula is C21H23N5O. The van der Waals surface area contributed by atoms with Crippen LogP contribution in [-0.2, 0) is 0 Å². The third kappa shape index (κ3) is 3.46. The van der Waals surface area contributed by atoms with Crippen LogP contribution in [0.15, 0.2) is 48.7 Å². The number of nitriles is 1. The molecule has 1 fully saturated rings. The Morgan fingerprint density at radius 2 is 1.96 bits per heavy atom. The minimum Gasteiger partial charge on any atom is -0.497 e. The molecule has 0 spiro atoms. The average Bonchev–Trinajstić information content (AvgIpc) is 3.36. The van der Waals surface area contributed by atoms with Crippen LogP contribution in [-0.4, -0.2) is 41.0 Å². The summed E-state index contributed by atoms with van der Waals surface area (Å²) in [4.78, 5) is 7.09. The van der Waals surface area contributed by atoms with E-state index in [0.29, 0.717) is 18.1 Å². The number of imidazole rings is 1. The van der Waals surface area contributed by atoms with Gasteiger partial charge in [0.15, 0.2) is 11.5 Å². The maximum atomic E-state index is 9.58. The average molecular weight is 361 g/mol. The molecule has 1 aliphatic heterocycles. The highest BCUT2D eigenvalue weighted by Gasteiger charge is 2.24. The number of rotatable bonds is 6. The summed E-state index contributed by atoms with van der Waals surface area (Å²) >= 11 is 0. The number of aromatic nitrogens is 2. The summed E-state index contributed by atoms with van der Waals surface area (Å²) in [6.07, 6.45) is 4.32. The Balaban J connectivity index is 1.59. The molecule has 0 bridgehead atoms. The highest BCUT2D eigenvalue weighted by atomic mass is 16.5. The number of ether oxygens (including phenoxy) is 1. The molecule has 1 N–H and O–H groups in total. The second-order valence-electron chi connectivity index (χ2n) is 6.76. The first-order chi connectivity index (χ1) is 13.3. The molecule has 6 heteroatoms. The lowest BCUT2D eigenvalue weighted by Gasteiger charge is -2.28. The van der Waals surface area contributed by atoms with Gasteiger partial charge in [-0.25, -0.2) is 4.98 Å². The zero-order valence-electron chi connectivity index (χ0n) is 15.4. The van der Waals surface area contributed by atoms with Gasteiger partial charge in [0.25, 0.3) is 0 Å². The fourth-order valence-corrected chi connectivity index (χ4v) is 3.76. The molecule has 0 saturated carbocycles. The lowest BCUT2D eigenvalue weighted by atomic mass is 10.1. The van der Waals surface area contributed by atoms with Gasteiger partial charge in [0.2, 0.25) is 0 Å². The summed E-state index contributed by atoms with van der Waals surface area (Å²) in [5.74, 6) is 1.50. The maximum absolute atomic E-state index is 9.58. The van der Waals surface area contributed by atoms with Crippen LogP contribution in [0.3, 0.4) is 0 Å². The van der Waals surface area contributed by atoms with Gasteiger partial charge in [0.05, 0.1) is 13.2 Å². The van der Waals surface area contributed by atoms with Crippen LogP contribution in [0.2, 0.25) is 0 Å². The topological polar surface area (TPSA) is 65.6 Å². The number of benzene rings is 1. The molecule has 1 saturated heterocycles. The molecule has 0 radical (unpaired) electrons. The summed E-state index contributed by atoms with van der Waals surface area (Å²) in [7, 11) is 1.68. The van der Waals surface area contributed by atoms with Crippen LogP contribution >= 0.6 is 0 Å². The van der Waals surface area contributed by atoms with Crippen molar-refractivity contribution < 1.29 is 4.74 Å². The lowest BCUT2D eigenvalue weighted by Crippen LogP contribution is -2.31.